The lowest BCUT2D eigenvalue weighted by Crippen LogP contribution is -2.52. The lowest BCUT2D eigenvalue weighted by Gasteiger charge is -2.34. The van der Waals surface area contributed by atoms with Crippen LogP contribution in [0.1, 0.15) is 46.5 Å². The van der Waals surface area contributed by atoms with E-state index in [0.717, 1.165) is 24.9 Å². The predicted octanol–water partition coefficient (Wildman–Crippen LogP) is 2.34. The second-order valence-electron chi connectivity index (χ2n) is 8.93. The van der Waals surface area contributed by atoms with Crippen molar-refractivity contribution < 1.29 is 14.3 Å². The van der Waals surface area contributed by atoms with Gasteiger partial charge in [0.15, 0.2) is 0 Å². The van der Waals surface area contributed by atoms with E-state index in [0.29, 0.717) is 38.1 Å². The van der Waals surface area contributed by atoms with Crippen LogP contribution in [0.5, 0.6) is 0 Å². The third kappa shape index (κ3) is 4.90. The molecule has 3 aliphatic rings. The molecule has 2 aliphatic carbocycles. The number of nitrogens with one attached hydrogen (secondary N) is 1. The van der Waals surface area contributed by atoms with Crippen molar-refractivity contribution in [3.05, 3.63) is 0 Å². The highest BCUT2D eigenvalue weighted by atomic mass is 16.6. The summed E-state index contributed by atoms with van der Waals surface area (Å²) in [5.41, 5.74) is 0. The minimum Gasteiger partial charge on any atom is -0.449 e. The molecule has 2 saturated carbocycles. The normalized spacial score (nSPS) is 29.8. The maximum atomic E-state index is 12.4. The van der Waals surface area contributed by atoms with Crippen LogP contribution in [-0.4, -0.2) is 67.2 Å². The Balaban J connectivity index is 1.35. The summed E-state index contributed by atoms with van der Waals surface area (Å²) >= 11 is 0. The number of piperazine rings is 1. The van der Waals surface area contributed by atoms with Gasteiger partial charge in [0.1, 0.15) is 0 Å². The van der Waals surface area contributed by atoms with Crippen LogP contribution in [0.2, 0.25) is 0 Å². The van der Waals surface area contributed by atoms with Crippen LogP contribution in [0.3, 0.4) is 0 Å². The number of nitrogens with zero attached hydrogens (tertiary/aromatic N) is 2. The third-order valence-corrected chi connectivity index (χ3v) is 6.36. The molecule has 26 heavy (non-hydrogen) atoms. The van der Waals surface area contributed by atoms with E-state index in [-0.39, 0.29) is 18.0 Å². The van der Waals surface area contributed by atoms with Gasteiger partial charge in [-0.15, -0.1) is 0 Å². The fourth-order valence-corrected chi connectivity index (χ4v) is 4.93. The molecule has 4 atom stereocenters. The summed E-state index contributed by atoms with van der Waals surface area (Å²) in [6.07, 6.45) is 5.19. The van der Waals surface area contributed by atoms with Crippen LogP contribution < -0.4 is 5.32 Å². The first kappa shape index (κ1) is 19.5. The lowest BCUT2D eigenvalue weighted by atomic mass is 9.84. The summed E-state index contributed by atoms with van der Waals surface area (Å²) < 4.78 is 5.28. The van der Waals surface area contributed by atoms with Crippen molar-refractivity contribution >= 4 is 12.0 Å². The molecule has 1 N–H and O–H groups in total. The lowest BCUT2D eigenvalue weighted by molar-refractivity contribution is -0.123. The van der Waals surface area contributed by atoms with Gasteiger partial charge in [0, 0.05) is 32.2 Å². The van der Waals surface area contributed by atoms with Crippen molar-refractivity contribution in [3.63, 3.8) is 0 Å². The first-order valence-corrected chi connectivity index (χ1v) is 10.4. The van der Waals surface area contributed by atoms with Crippen molar-refractivity contribution in [2.45, 2.75) is 52.5 Å². The Labute approximate surface area is 157 Å². The van der Waals surface area contributed by atoms with Crippen molar-refractivity contribution in [1.82, 2.24) is 15.1 Å². The second kappa shape index (κ2) is 8.59. The van der Waals surface area contributed by atoms with Gasteiger partial charge in [-0.1, -0.05) is 20.3 Å². The summed E-state index contributed by atoms with van der Waals surface area (Å²) in [5, 5.41) is 3.23. The molecule has 148 valence electrons. The molecule has 6 nitrogen and oxygen atoms in total. The number of carbonyl (C=O) groups excluding carboxylic acids is 2. The Bertz CT molecular complexity index is 503. The van der Waals surface area contributed by atoms with E-state index in [4.69, 9.17) is 4.74 Å². The molecule has 0 radical (unpaired) electrons. The Kier molecular flexibility index (Phi) is 6.43. The molecule has 4 unspecified atom stereocenters. The summed E-state index contributed by atoms with van der Waals surface area (Å²) in [6, 6.07) is 0.283. The summed E-state index contributed by atoms with van der Waals surface area (Å²) in [4.78, 5) is 28.3. The molecule has 0 aromatic carbocycles. The molecule has 3 rings (SSSR count). The van der Waals surface area contributed by atoms with E-state index < -0.39 is 0 Å². The largest absolute Gasteiger partial charge is 0.449 e. The van der Waals surface area contributed by atoms with E-state index >= 15 is 0 Å². The topological polar surface area (TPSA) is 61.9 Å². The van der Waals surface area contributed by atoms with Crippen LogP contribution in [-0.2, 0) is 9.53 Å². The average Bonchev–Trinajstić information content (AvgIpc) is 3.23. The minimum absolute atomic E-state index is 0.121. The van der Waals surface area contributed by atoms with Crippen molar-refractivity contribution in [2.24, 2.45) is 23.7 Å². The van der Waals surface area contributed by atoms with Crippen molar-refractivity contribution in [1.29, 1.82) is 0 Å². The second-order valence-corrected chi connectivity index (χ2v) is 8.93. The number of ether oxygens (including phenoxy) is 1. The molecule has 1 saturated heterocycles. The number of carbonyl (C=O) groups is 2. The molecule has 2 amide bonds. The zero-order valence-corrected chi connectivity index (χ0v) is 16.6. The van der Waals surface area contributed by atoms with Gasteiger partial charge in [-0.2, -0.15) is 0 Å². The molecular weight excluding hydrogens is 330 g/mol. The van der Waals surface area contributed by atoms with Crippen LogP contribution in [0.25, 0.3) is 0 Å². The highest BCUT2D eigenvalue weighted by molar-refractivity contribution is 5.78. The molecule has 0 spiro atoms. The van der Waals surface area contributed by atoms with Crippen LogP contribution >= 0.6 is 0 Å². The quantitative estimate of drug-likeness (QED) is 0.785. The minimum atomic E-state index is -0.229. The molecule has 2 bridgehead atoms. The van der Waals surface area contributed by atoms with Gasteiger partial charge < -0.3 is 15.0 Å². The van der Waals surface area contributed by atoms with Gasteiger partial charge in [-0.3, -0.25) is 9.69 Å². The standard InChI is InChI=1S/C20H35N3O3/c1-14(2)13-26-20(25)23-8-6-22(7-9-23)12-19(24)21-15(3)18-11-16-4-5-17(18)10-16/h14-18H,4-13H2,1-3H3,(H,21,24). The number of rotatable bonds is 6. The fraction of sp³-hybridized carbons (Fsp3) is 0.900. The van der Waals surface area contributed by atoms with Gasteiger partial charge in [-0.05, 0) is 49.9 Å². The Hall–Kier alpha value is -1.30. The van der Waals surface area contributed by atoms with Gasteiger partial charge in [-0.25, -0.2) is 4.79 Å². The van der Waals surface area contributed by atoms with Crippen LogP contribution in [0.15, 0.2) is 0 Å². The fourth-order valence-electron chi connectivity index (χ4n) is 4.93. The SMILES string of the molecule is CC(C)COC(=O)N1CCN(CC(=O)NC(C)C2CC3CCC2C3)CC1. The number of hydrogen-bond donors (Lipinski definition) is 1. The van der Waals surface area contributed by atoms with Gasteiger partial charge in [0.25, 0.3) is 0 Å². The predicted molar refractivity (Wildman–Crippen MR) is 101 cm³/mol. The third-order valence-electron chi connectivity index (χ3n) is 6.36. The first-order valence-electron chi connectivity index (χ1n) is 10.4. The summed E-state index contributed by atoms with van der Waals surface area (Å²) in [5.74, 6) is 2.88. The van der Waals surface area contributed by atoms with E-state index in [1.165, 1.54) is 25.7 Å². The maximum Gasteiger partial charge on any atom is 0.409 e. The highest BCUT2D eigenvalue weighted by Crippen LogP contribution is 2.49. The average molecular weight is 366 g/mol. The van der Waals surface area contributed by atoms with Crippen LogP contribution in [0, 0.1) is 23.7 Å². The molecule has 6 heteroatoms. The van der Waals surface area contributed by atoms with E-state index in [1.807, 2.05) is 13.8 Å². The van der Waals surface area contributed by atoms with E-state index in [2.05, 4.69) is 17.1 Å². The molecule has 0 aromatic rings. The molecule has 0 aromatic heterocycles. The highest BCUT2D eigenvalue weighted by Gasteiger charge is 2.42. The smallest absolute Gasteiger partial charge is 0.409 e. The zero-order valence-electron chi connectivity index (χ0n) is 16.6. The first-order chi connectivity index (χ1) is 12.4. The number of fused-ring (bicyclic) bond motifs is 2. The number of amides is 2. The maximum absolute atomic E-state index is 12.4. The Morgan fingerprint density at radius 3 is 2.38 bits per heavy atom. The van der Waals surface area contributed by atoms with E-state index in [1.54, 1.807) is 4.90 Å². The van der Waals surface area contributed by atoms with Gasteiger partial charge >= 0.3 is 6.09 Å². The monoisotopic (exact) mass is 365 g/mol. The Morgan fingerprint density at radius 2 is 1.81 bits per heavy atom. The zero-order chi connectivity index (χ0) is 18.7. The van der Waals surface area contributed by atoms with Crippen LogP contribution in [0.4, 0.5) is 4.79 Å². The van der Waals surface area contributed by atoms with Gasteiger partial charge in [0.05, 0.1) is 13.2 Å². The number of hydrogen-bond acceptors (Lipinski definition) is 4. The van der Waals surface area contributed by atoms with Gasteiger partial charge in [0.2, 0.25) is 5.91 Å². The van der Waals surface area contributed by atoms with Crippen molar-refractivity contribution in [3.8, 4) is 0 Å². The van der Waals surface area contributed by atoms with E-state index in [9.17, 15) is 9.59 Å². The summed E-state index contributed by atoms with van der Waals surface area (Å²) in [6.45, 7) is 9.84. The Morgan fingerprint density at radius 1 is 1.08 bits per heavy atom. The molecule has 3 fully saturated rings. The molecule has 1 aliphatic heterocycles. The summed E-state index contributed by atoms with van der Waals surface area (Å²) in [7, 11) is 0. The van der Waals surface area contributed by atoms with Crippen molar-refractivity contribution in [2.75, 3.05) is 39.3 Å². The molecule has 1 heterocycles. The molecular formula is C20H35N3O3.